The van der Waals surface area contributed by atoms with E-state index in [-0.39, 0.29) is 5.82 Å². The topological polar surface area (TPSA) is 41.9 Å². The van der Waals surface area contributed by atoms with E-state index >= 15 is 0 Å². The molecule has 0 aliphatic rings. The number of benzene rings is 2. The van der Waals surface area contributed by atoms with Gasteiger partial charge in [0.2, 0.25) is 0 Å². The highest BCUT2D eigenvalue weighted by atomic mass is 32.1. The second-order valence-electron chi connectivity index (χ2n) is 5.28. The van der Waals surface area contributed by atoms with Crippen LogP contribution in [0.2, 0.25) is 0 Å². The number of nitrogens with one attached hydrogen (secondary N) is 2. The fraction of sp³-hybridized carbons (Fsp3) is 0.111. The van der Waals surface area contributed by atoms with Crippen LogP contribution in [0.3, 0.4) is 0 Å². The molecule has 1 heterocycles. The molecule has 2 N–H and O–H groups in total. The quantitative estimate of drug-likeness (QED) is 0.700. The maximum Gasteiger partial charge on any atom is 0.166 e. The van der Waals surface area contributed by atoms with E-state index in [1.165, 1.54) is 12.1 Å². The van der Waals surface area contributed by atoms with Gasteiger partial charge in [0.1, 0.15) is 5.82 Å². The van der Waals surface area contributed by atoms with E-state index in [1.54, 1.807) is 18.3 Å². The molecule has 0 atom stereocenters. The van der Waals surface area contributed by atoms with Gasteiger partial charge in [-0.1, -0.05) is 24.3 Å². The Hall–Kier alpha value is -2.73. The van der Waals surface area contributed by atoms with E-state index in [2.05, 4.69) is 15.7 Å². The highest BCUT2D eigenvalue weighted by Gasteiger charge is 2.00. The number of hydrogen-bond acceptors (Lipinski definition) is 2. The summed E-state index contributed by atoms with van der Waals surface area (Å²) < 4.78 is 14.7. The van der Waals surface area contributed by atoms with E-state index in [0.717, 1.165) is 16.8 Å². The Morgan fingerprint density at radius 3 is 2.08 bits per heavy atom. The Bertz CT molecular complexity index is 783. The number of rotatable bonds is 5. The fourth-order valence-corrected chi connectivity index (χ4v) is 2.36. The first-order valence-corrected chi connectivity index (χ1v) is 7.96. The van der Waals surface area contributed by atoms with Gasteiger partial charge in [0, 0.05) is 25.5 Å². The lowest BCUT2D eigenvalue weighted by atomic mass is 10.2. The van der Waals surface area contributed by atoms with Crippen LogP contribution in [0.5, 0.6) is 0 Å². The lowest BCUT2D eigenvalue weighted by Crippen LogP contribution is -2.34. The van der Waals surface area contributed by atoms with Crippen molar-refractivity contribution < 1.29 is 4.39 Å². The van der Waals surface area contributed by atoms with Crippen LogP contribution in [-0.2, 0) is 13.1 Å². The zero-order chi connectivity index (χ0) is 16.8. The van der Waals surface area contributed by atoms with Crippen molar-refractivity contribution in [2.75, 3.05) is 0 Å². The second-order valence-corrected chi connectivity index (χ2v) is 5.69. The van der Waals surface area contributed by atoms with Gasteiger partial charge in [-0.2, -0.15) is 5.10 Å². The van der Waals surface area contributed by atoms with Crippen molar-refractivity contribution in [3.8, 4) is 5.69 Å². The van der Waals surface area contributed by atoms with E-state index in [4.69, 9.17) is 12.2 Å². The zero-order valence-electron chi connectivity index (χ0n) is 12.9. The first-order chi connectivity index (χ1) is 11.7. The van der Waals surface area contributed by atoms with E-state index in [0.29, 0.717) is 18.2 Å². The number of hydrogen-bond donors (Lipinski definition) is 2. The van der Waals surface area contributed by atoms with Gasteiger partial charge in [-0.05, 0) is 53.7 Å². The third-order valence-corrected chi connectivity index (χ3v) is 3.81. The average molecular weight is 340 g/mol. The molecular weight excluding hydrogens is 323 g/mol. The summed E-state index contributed by atoms with van der Waals surface area (Å²) in [7, 11) is 0. The van der Waals surface area contributed by atoms with Crippen LogP contribution in [-0.4, -0.2) is 14.9 Å². The Morgan fingerprint density at radius 1 is 0.958 bits per heavy atom. The van der Waals surface area contributed by atoms with Gasteiger partial charge in [0.05, 0.1) is 5.69 Å². The minimum atomic E-state index is -0.238. The molecule has 0 aliphatic carbocycles. The van der Waals surface area contributed by atoms with Crippen LogP contribution >= 0.6 is 12.2 Å². The summed E-state index contributed by atoms with van der Waals surface area (Å²) in [5, 5.41) is 11.0. The Balaban J connectivity index is 1.46. The number of halogens is 1. The number of aromatic nitrogens is 2. The molecule has 0 unspecified atom stereocenters. The Kier molecular flexibility index (Phi) is 5.18. The normalized spacial score (nSPS) is 10.4. The summed E-state index contributed by atoms with van der Waals surface area (Å²) in [6.45, 7) is 1.19. The van der Waals surface area contributed by atoms with Crippen molar-refractivity contribution in [1.29, 1.82) is 0 Å². The van der Waals surface area contributed by atoms with Crippen molar-refractivity contribution >= 4 is 17.3 Å². The highest BCUT2D eigenvalue weighted by Crippen LogP contribution is 2.08. The summed E-state index contributed by atoms with van der Waals surface area (Å²) in [6.07, 6.45) is 3.66. The van der Waals surface area contributed by atoms with Gasteiger partial charge in [0.25, 0.3) is 0 Å². The van der Waals surface area contributed by atoms with Crippen molar-refractivity contribution in [2.24, 2.45) is 0 Å². The molecule has 0 saturated carbocycles. The fourth-order valence-electron chi connectivity index (χ4n) is 2.22. The van der Waals surface area contributed by atoms with Crippen LogP contribution in [0.15, 0.2) is 67.0 Å². The molecule has 0 radical (unpaired) electrons. The average Bonchev–Trinajstić information content (AvgIpc) is 3.14. The van der Waals surface area contributed by atoms with E-state index in [1.807, 2.05) is 41.2 Å². The van der Waals surface area contributed by atoms with Gasteiger partial charge in [-0.15, -0.1) is 0 Å². The molecule has 0 fully saturated rings. The van der Waals surface area contributed by atoms with Gasteiger partial charge < -0.3 is 10.6 Å². The van der Waals surface area contributed by atoms with Crippen molar-refractivity contribution in [3.63, 3.8) is 0 Å². The molecule has 3 rings (SSSR count). The van der Waals surface area contributed by atoms with Crippen LogP contribution in [0.25, 0.3) is 5.69 Å². The molecule has 2 aromatic carbocycles. The Labute approximate surface area is 145 Å². The molecule has 0 aliphatic heterocycles. The largest absolute Gasteiger partial charge is 0.359 e. The molecular formula is C18H17FN4S. The molecule has 0 saturated heterocycles. The van der Waals surface area contributed by atoms with Gasteiger partial charge in [-0.25, -0.2) is 9.07 Å². The lowest BCUT2D eigenvalue weighted by molar-refractivity contribution is 0.626. The first-order valence-electron chi connectivity index (χ1n) is 7.56. The molecule has 0 spiro atoms. The van der Waals surface area contributed by atoms with Gasteiger partial charge >= 0.3 is 0 Å². The molecule has 4 nitrogen and oxygen atoms in total. The molecule has 0 amide bonds. The smallest absolute Gasteiger partial charge is 0.166 e. The minimum absolute atomic E-state index is 0.238. The summed E-state index contributed by atoms with van der Waals surface area (Å²) >= 11 is 5.26. The predicted molar refractivity (Wildman–Crippen MR) is 96.2 cm³/mol. The summed E-state index contributed by atoms with van der Waals surface area (Å²) in [6, 6.07) is 16.3. The van der Waals surface area contributed by atoms with Gasteiger partial charge in [0.15, 0.2) is 5.11 Å². The molecule has 0 bridgehead atoms. The Morgan fingerprint density at radius 2 is 1.54 bits per heavy atom. The van der Waals surface area contributed by atoms with Crippen LogP contribution in [0.1, 0.15) is 11.1 Å². The standard InChI is InChI=1S/C18H17FN4S/c19-16-6-2-14(3-7-16)12-20-18(24)21-13-15-4-8-17(9-5-15)23-11-1-10-22-23/h1-11H,12-13H2,(H2,20,21,24). The van der Waals surface area contributed by atoms with Crippen LogP contribution in [0, 0.1) is 5.82 Å². The van der Waals surface area contributed by atoms with Crippen molar-refractivity contribution in [3.05, 3.63) is 83.9 Å². The lowest BCUT2D eigenvalue weighted by Gasteiger charge is -2.11. The summed E-state index contributed by atoms with van der Waals surface area (Å²) in [5.74, 6) is -0.238. The molecule has 122 valence electrons. The monoisotopic (exact) mass is 340 g/mol. The maximum absolute atomic E-state index is 12.8. The van der Waals surface area contributed by atoms with E-state index < -0.39 is 0 Å². The second kappa shape index (κ2) is 7.70. The zero-order valence-corrected chi connectivity index (χ0v) is 13.8. The van der Waals surface area contributed by atoms with E-state index in [9.17, 15) is 4.39 Å². The van der Waals surface area contributed by atoms with Gasteiger partial charge in [-0.3, -0.25) is 0 Å². The summed E-state index contributed by atoms with van der Waals surface area (Å²) in [4.78, 5) is 0. The predicted octanol–water partition coefficient (Wildman–Crippen LogP) is 3.18. The maximum atomic E-state index is 12.8. The van der Waals surface area contributed by atoms with Crippen molar-refractivity contribution in [2.45, 2.75) is 13.1 Å². The molecule has 3 aromatic rings. The van der Waals surface area contributed by atoms with Crippen LogP contribution in [0.4, 0.5) is 4.39 Å². The van der Waals surface area contributed by atoms with Crippen molar-refractivity contribution in [1.82, 2.24) is 20.4 Å². The molecule has 1 aromatic heterocycles. The SMILES string of the molecule is Fc1ccc(CNC(=S)NCc2ccc(-n3cccn3)cc2)cc1. The molecule has 24 heavy (non-hydrogen) atoms. The number of nitrogens with zero attached hydrogens (tertiary/aromatic N) is 2. The van der Waals surface area contributed by atoms with Crippen LogP contribution < -0.4 is 10.6 Å². The highest BCUT2D eigenvalue weighted by molar-refractivity contribution is 7.80. The summed E-state index contributed by atoms with van der Waals surface area (Å²) in [5.41, 5.74) is 3.11. The molecule has 6 heteroatoms. The number of thiocarbonyl (C=S) groups is 1. The first kappa shape index (κ1) is 16.1. The third kappa shape index (κ3) is 4.39. The minimum Gasteiger partial charge on any atom is -0.359 e. The third-order valence-electron chi connectivity index (χ3n) is 3.52.